The Hall–Kier alpha value is 0.340. The van der Waals surface area contributed by atoms with E-state index < -0.39 is 24.4 Å². The molecule has 2 aliphatic rings. The Kier molecular flexibility index (Phi) is 11.0. The summed E-state index contributed by atoms with van der Waals surface area (Å²) in [7, 11) is 0. The second-order valence-corrected chi connectivity index (χ2v) is 3.59. The Bertz CT molecular complexity index is 144. The Morgan fingerprint density at radius 3 is 0.812 bits per heavy atom. The van der Waals surface area contributed by atoms with Crippen molar-refractivity contribution in [3.63, 3.8) is 0 Å². The summed E-state index contributed by atoms with van der Waals surface area (Å²) in [6.07, 6.45) is -2.17. The van der Waals surface area contributed by atoms with Gasteiger partial charge in [-0.25, -0.2) is 0 Å². The van der Waals surface area contributed by atoms with E-state index in [0.29, 0.717) is 26.2 Å². The van der Waals surface area contributed by atoms with Crippen LogP contribution in [-0.2, 0) is 0 Å². The maximum absolute atomic E-state index is 8.69. The molecule has 0 aliphatic carbocycles. The monoisotopic (exact) mass is 278 g/mol. The summed E-state index contributed by atoms with van der Waals surface area (Å²) in [5.41, 5.74) is 0. The van der Waals surface area contributed by atoms with Crippen LogP contribution in [0, 0.1) is 0 Å². The first-order valence-electron chi connectivity index (χ1n) is 4.75. The van der Waals surface area contributed by atoms with Gasteiger partial charge in [-0.15, -0.1) is 24.8 Å². The molecule has 0 unspecified atom stereocenters. The van der Waals surface area contributed by atoms with Crippen LogP contribution >= 0.6 is 24.8 Å². The smallest absolute Gasteiger partial charge is 0.0935 e. The summed E-state index contributed by atoms with van der Waals surface area (Å²) in [4.78, 5) is 0. The van der Waals surface area contributed by atoms with E-state index in [1.165, 1.54) is 0 Å². The van der Waals surface area contributed by atoms with Crippen molar-refractivity contribution in [2.24, 2.45) is 0 Å². The third-order valence-electron chi connectivity index (χ3n) is 2.30. The molecule has 2 heterocycles. The van der Waals surface area contributed by atoms with Crippen LogP contribution in [0.25, 0.3) is 0 Å². The van der Waals surface area contributed by atoms with Gasteiger partial charge >= 0.3 is 0 Å². The Labute approximate surface area is 107 Å². The Balaban J connectivity index is 0. The van der Waals surface area contributed by atoms with E-state index in [0.717, 1.165) is 0 Å². The summed E-state index contributed by atoms with van der Waals surface area (Å²) in [5.74, 6) is 0. The standard InChI is InChI=1S/2C4H9NO2.2ClH/c2*6-3-1-5-2-4(3)7;;/h2*3-7H,1-2H2;2*1H/t2*3-,4+;;. The zero-order valence-corrected chi connectivity index (χ0v) is 10.4. The fourth-order valence-corrected chi connectivity index (χ4v) is 1.30. The fraction of sp³-hybridized carbons (Fsp3) is 1.00. The lowest BCUT2D eigenvalue weighted by Gasteiger charge is -2.01. The molecule has 0 aromatic rings. The van der Waals surface area contributed by atoms with Gasteiger partial charge in [0, 0.05) is 26.2 Å². The van der Waals surface area contributed by atoms with E-state index in [1.807, 2.05) is 0 Å². The molecule has 100 valence electrons. The molecule has 6 nitrogen and oxygen atoms in total. The van der Waals surface area contributed by atoms with Crippen LogP contribution in [0.2, 0.25) is 0 Å². The van der Waals surface area contributed by atoms with Crippen molar-refractivity contribution >= 4 is 24.8 Å². The highest BCUT2D eigenvalue weighted by Gasteiger charge is 2.21. The molecule has 0 radical (unpaired) electrons. The van der Waals surface area contributed by atoms with Crippen LogP contribution in [0.3, 0.4) is 0 Å². The average molecular weight is 279 g/mol. The van der Waals surface area contributed by atoms with Gasteiger partial charge in [0.05, 0.1) is 24.4 Å². The minimum absolute atomic E-state index is 0. The second kappa shape index (κ2) is 9.38. The van der Waals surface area contributed by atoms with Gasteiger partial charge < -0.3 is 31.1 Å². The molecule has 0 aromatic heterocycles. The first-order valence-corrected chi connectivity index (χ1v) is 4.75. The molecule has 16 heavy (non-hydrogen) atoms. The molecule has 2 saturated heterocycles. The van der Waals surface area contributed by atoms with Gasteiger partial charge in [-0.2, -0.15) is 0 Å². The van der Waals surface area contributed by atoms with E-state index >= 15 is 0 Å². The second-order valence-electron chi connectivity index (χ2n) is 3.59. The summed E-state index contributed by atoms with van der Waals surface area (Å²) in [6.45, 7) is 2.12. The van der Waals surface area contributed by atoms with Crippen LogP contribution in [0.1, 0.15) is 0 Å². The van der Waals surface area contributed by atoms with Gasteiger partial charge in [0.1, 0.15) is 0 Å². The molecule has 2 fully saturated rings. The first kappa shape index (κ1) is 18.7. The molecule has 2 rings (SSSR count). The quantitative estimate of drug-likeness (QED) is 0.292. The van der Waals surface area contributed by atoms with E-state index in [-0.39, 0.29) is 24.8 Å². The van der Waals surface area contributed by atoms with Crippen LogP contribution in [-0.4, -0.2) is 71.0 Å². The molecule has 0 bridgehead atoms. The van der Waals surface area contributed by atoms with Crippen molar-refractivity contribution in [1.82, 2.24) is 10.6 Å². The first-order chi connectivity index (χ1) is 6.61. The van der Waals surface area contributed by atoms with Gasteiger partial charge in [0.2, 0.25) is 0 Å². The van der Waals surface area contributed by atoms with Crippen LogP contribution in [0.5, 0.6) is 0 Å². The van der Waals surface area contributed by atoms with Gasteiger partial charge in [-0.3, -0.25) is 0 Å². The van der Waals surface area contributed by atoms with Gasteiger partial charge in [-0.05, 0) is 0 Å². The van der Waals surface area contributed by atoms with Gasteiger partial charge in [0.25, 0.3) is 0 Å². The summed E-state index contributed by atoms with van der Waals surface area (Å²) >= 11 is 0. The highest BCUT2D eigenvalue weighted by molar-refractivity contribution is 5.85. The predicted octanol–water partition coefficient (Wildman–Crippen LogP) is -2.53. The largest absolute Gasteiger partial charge is 0.389 e. The van der Waals surface area contributed by atoms with E-state index in [4.69, 9.17) is 20.4 Å². The van der Waals surface area contributed by atoms with E-state index in [2.05, 4.69) is 10.6 Å². The molecular formula is C8H20Cl2N2O4. The Morgan fingerprint density at radius 2 is 0.750 bits per heavy atom. The maximum Gasteiger partial charge on any atom is 0.0935 e. The van der Waals surface area contributed by atoms with E-state index in [9.17, 15) is 0 Å². The number of β-amino-alcohol motifs (C(OH)–C–C–N with tert-alkyl or cyclic N) is 4. The van der Waals surface area contributed by atoms with Crippen molar-refractivity contribution in [1.29, 1.82) is 0 Å². The number of hydrogen-bond acceptors (Lipinski definition) is 6. The average Bonchev–Trinajstić information content (AvgIpc) is 2.67. The molecule has 0 amide bonds. The fourth-order valence-electron chi connectivity index (χ4n) is 1.30. The number of nitrogens with one attached hydrogen (secondary N) is 2. The molecule has 0 spiro atoms. The van der Waals surface area contributed by atoms with Crippen molar-refractivity contribution in [2.45, 2.75) is 24.4 Å². The minimum Gasteiger partial charge on any atom is -0.389 e. The van der Waals surface area contributed by atoms with Crippen molar-refractivity contribution < 1.29 is 20.4 Å². The highest BCUT2D eigenvalue weighted by atomic mass is 35.5. The zero-order chi connectivity index (χ0) is 10.6. The highest BCUT2D eigenvalue weighted by Crippen LogP contribution is 1.96. The number of hydrogen-bond donors (Lipinski definition) is 6. The molecule has 6 N–H and O–H groups in total. The number of aliphatic hydroxyl groups is 4. The van der Waals surface area contributed by atoms with Crippen molar-refractivity contribution in [3.8, 4) is 0 Å². The third kappa shape index (κ3) is 6.17. The van der Waals surface area contributed by atoms with Crippen molar-refractivity contribution in [2.75, 3.05) is 26.2 Å². The van der Waals surface area contributed by atoms with Gasteiger partial charge in [0.15, 0.2) is 0 Å². The summed E-state index contributed by atoms with van der Waals surface area (Å²) < 4.78 is 0. The Morgan fingerprint density at radius 1 is 0.562 bits per heavy atom. The lowest BCUT2D eigenvalue weighted by Crippen LogP contribution is -2.22. The lowest BCUT2D eigenvalue weighted by atomic mass is 10.3. The molecule has 2 aliphatic heterocycles. The molecule has 0 aromatic carbocycles. The lowest BCUT2D eigenvalue weighted by molar-refractivity contribution is 0.0572. The van der Waals surface area contributed by atoms with Crippen LogP contribution in [0.4, 0.5) is 0 Å². The number of rotatable bonds is 0. The minimum atomic E-state index is -0.542. The summed E-state index contributed by atoms with van der Waals surface area (Å²) in [5, 5.41) is 40.4. The molecule has 4 atom stereocenters. The number of aliphatic hydroxyl groups excluding tert-OH is 4. The molecule has 0 saturated carbocycles. The topological polar surface area (TPSA) is 105 Å². The maximum atomic E-state index is 8.69. The van der Waals surface area contributed by atoms with Gasteiger partial charge in [-0.1, -0.05) is 0 Å². The molecule has 8 heteroatoms. The predicted molar refractivity (Wildman–Crippen MR) is 64.3 cm³/mol. The van der Waals surface area contributed by atoms with Crippen molar-refractivity contribution in [3.05, 3.63) is 0 Å². The van der Waals surface area contributed by atoms with Crippen LogP contribution < -0.4 is 10.6 Å². The third-order valence-corrected chi connectivity index (χ3v) is 2.30. The molecular weight excluding hydrogens is 259 g/mol. The number of halogens is 2. The van der Waals surface area contributed by atoms with Crippen LogP contribution in [0.15, 0.2) is 0 Å². The summed E-state index contributed by atoms with van der Waals surface area (Å²) in [6, 6.07) is 0. The zero-order valence-electron chi connectivity index (χ0n) is 8.74. The van der Waals surface area contributed by atoms with E-state index in [1.54, 1.807) is 0 Å². The SMILES string of the molecule is Cl.Cl.O[C@@H]1CNC[C@@H]1O.O[C@@H]1CNC[C@@H]1O. The normalized spacial score (nSPS) is 36.8.